The Balaban J connectivity index is 1.97. The second-order valence-electron chi connectivity index (χ2n) is 5.17. The number of hydrogen-bond acceptors (Lipinski definition) is 8. The van der Waals surface area contributed by atoms with E-state index in [2.05, 4.69) is 30.2 Å². The van der Waals surface area contributed by atoms with Crippen LogP contribution in [0.3, 0.4) is 0 Å². The minimum Gasteiger partial charge on any atom is -0.370 e. The lowest BCUT2D eigenvalue weighted by atomic mass is 10.1. The van der Waals surface area contributed by atoms with Crippen LogP contribution in [0, 0.1) is 0 Å². The standard InChI is InChI=1S/C16H14N8/c17-14-13-15(24-16(18)23-14)22-12(10-6-2-4-8-20-10)11(21-13)9-5-1-3-7-19-9/h1-8,14H,17H2,(H3,18,22,23,24). The van der Waals surface area contributed by atoms with Crippen LogP contribution < -0.4 is 16.8 Å². The first-order valence-corrected chi connectivity index (χ1v) is 7.33. The maximum Gasteiger partial charge on any atom is 0.196 e. The Kier molecular flexibility index (Phi) is 3.36. The van der Waals surface area contributed by atoms with Crippen molar-refractivity contribution in [2.75, 3.05) is 5.32 Å². The number of nitrogens with one attached hydrogen (secondary N) is 1. The van der Waals surface area contributed by atoms with Gasteiger partial charge in [-0.1, -0.05) is 12.1 Å². The molecule has 0 aliphatic carbocycles. The van der Waals surface area contributed by atoms with Gasteiger partial charge < -0.3 is 16.8 Å². The second kappa shape index (κ2) is 5.67. The molecule has 1 atom stereocenters. The van der Waals surface area contributed by atoms with Gasteiger partial charge in [0.2, 0.25) is 0 Å². The lowest BCUT2D eigenvalue weighted by Gasteiger charge is -2.21. The quantitative estimate of drug-likeness (QED) is 0.649. The van der Waals surface area contributed by atoms with Crippen LogP contribution in [0.5, 0.6) is 0 Å². The fraction of sp³-hybridized carbons (Fsp3) is 0.0625. The molecule has 0 fully saturated rings. The summed E-state index contributed by atoms with van der Waals surface area (Å²) in [4.78, 5) is 22.1. The molecule has 24 heavy (non-hydrogen) atoms. The van der Waals surface area contributed by atoms with Gasteiger partial charge in [-0.3, -0.25) is 9.97 Å². The zero-order chi connectivity index (χ0) is 16.5. The first-order chi connectivity index (χ1) is 11.7. The molecule has 8 heteroatoms. The van der Waals surface area contributed by atoms with E-state index in [1.165, 1.54) is 0 Å². The maximum absolute atomic E-state index is 6.03. The number of nitrogens with zero attached hydrogens (tertiary/aromatic N) is 5. The molecule has 1 aliphatic rings. The van der Waals surface area contributed by atoms with Gasteiger partial charge in [0.25, 0.3) is 0 Å². The molecule has 0 bridgehead atoms. The second-order valence-corrected chi connectivity index (χ2v) is 5.17. The van der Waals surface area contributed by atoms with Crippen molar-refractivity contribution in [2.45, 2.75) is 6.17 Å². The number of nitrogens with two attached hydrogens (primary N) is 2. The summed E-state index contributed by atoms with van der Waals surface area (Å²) in [5.74, 6) is 0.692. The van der Waals surface area contributed by atoms with Crippen molar-refractivity contribution >= 4 is 11.8 Å². The molecule has 0 spiro atoms. The number of rotatable bonds is 2. The Morgan fingerprint density at radius 2 is 1.50 bits per heavy atom. The largest absolute Gasteiger partial charge is 0.370 e. The van der Waals surface area contributed by atoms with Crippen molar-refractivity contribution in [3.63, 3.8) is 0 Å². The molecule has 0 radical (unpaired) electrons. The van der Waals surface area contributed by atoms with Gasteiger partial charge in [-0.15, -0.1) is 0 Å². The van der Waals surface area contributed by atoms with Gasteiger partial charge in [0.05, 0.1) is 11.4 Å². The number of fused-ring (bicyclic) bond motifs is 1. The Bertz CT molecular complexity index is 908. The van der Waals surface area contributed by atoms with Crippen LogP contribution in [0.25, 0.3) is 22.8 Å². The fourth-order valence-corrected chi connectivity index (χ4v) is 2.47. The molecule has 3 aromatic heterocycles. The average Bonchev–Trinajstić information content (AvgIpc) is 2.62. The molecular weight excluding hydrogens is 304 g/mol. The van der Waals surface area contributed by atoms with Gasteiger partial charge in [-0.05, 0) is 24.3 Å². The molecule has 4 rings (SSSR count). The summed E-state index contributed by atoms with van der Waals surface area (Å²) in [6.07, 6.45) is 2.73. The maximum atomic E-state index is 6.03. The summed E-state index contributed by atoms with van der Waals surface area (Å²) < 4.78 is 0. The van der Waals surface area contributed by atoms with Crippen LogP contribution >= 0.6 is 0 Å². The Morgan fingerprint density at radius 1 is 0.875 bits per heavy atom. The average molecular weight is 318 g/mol. The van der Waals surface area contributed by atoms with Crippen LogP contribution in [0.1, 0.15) is 11.9 Å². The molecule has 4 heterocycles. The van der Waals surface area contributed by atoms with Gasteiger partial charge in [-0.2, -0.15) is 0 Å². The first kappa shape index (κ1) is 14.2. The van der Waals surface area contributed by atoms with E-state index < -0.39 is 6.17 Å². The van der Waals surface area contributed by atoms with Crippen molar-refractivity contribution in [2.24, 2.45) is 16.5 Å². The molecule has 1 unspecified atom stereocenters. The third-order valence-corrected chi connectivity index (χ3v) is 3.54. The van der Waals surface area contributed by atoms with Crippen LogP contribution in [-0.2, 0) is 0 Å². The fourth-order valence-electron chi connectivity index (χ4n) is 2.47. The summed E-state index contributed by atoms with van der Waals surface area (Å²) in [6.45, 7) is 0. The third-order valence-electron chi connectivity index (χ3n) is 3.54. The van der Waals surface area contributed by atoms with Crippen LogP contribution in [0.4, 0.5) is 5.82 Å². The van der Waals surface area contributed by atoms with E-state index in [1.807, 2.05) is 36.4 Å². The number of aliphatic imine (C=N–C) groups is 1. The SMILES string of the molecule is NC1=NC(N)c2nc(-c3ccccn3)c(-c3ccccn3)nc2N1. The Morgan fingerprint density at radius 3 is 2.08 bits per heavy atom. The number of anilines is 1. The number of guanidine groups is 1. The van der Waals surface area contributed by atoms with Gasteiger partial charge >= 0.3 is 0 Å². The predicted octanol–water partition coefficient (Wildman–Crippen LogP) is 1.30. The van der Waals surface area contributed by atoms with Crippen molar-refractivity contribution in [1.29, 1.82) is 0 Å². The molecule has 0 saturated heterocycles. The number of pyridine rings is 2. The van der Waals surface area contributed by atoms with Gasteiger partial charge in [0, 0.05) is 12.4 Å². The zero-order valence-corrected chi connectivity index (χ0v) is 12.6. The summed E-state index contributed by atoms with van der Waals surface area (Å²) in [7, 11) is 0. The lowest BCUT2D eigenvalue weighted by molar-refractivity contribution is 0.730. The van der Waals surface area contributed by atoms with Gasteiger partial charge in [0.1, 0.15) is 23.2 Å². The molecule has 0 aromatic carbocycles. The van der Waals surface area contributed by atoms with Gasteiger partial charge in [-0.25, -0.2) is 15.0 Å². The molecular formula is C16H14N8. The Labute approximate surface area is 137 Å². The summed E-state index contributed by atoms with van der Waals surface area (Å²) >= 11 is 0. The first-order valence-electron chi connectivity index (χ1n) is 7.33. The number of aromatic nitrogens is 4. The lowest BCUT2D eigenvalue weighted by Crippen LogP contribution is -2.32. The monoisotopic (exact) mass is 318 g/mol. The summed E-state index contributed by atoms with van der Waals surface area (Å²) in [6, 6.07) is 11.2. The highest BCUT2D eigenvalue weighted by Gasteiger charge is 2.24. The minimum absolute atomic E-state index is 0.210. The number of hydrogen-bond donors (Lipinski definition) is 3. The van der Waals surface area contributed by atoms with Crippen molar-refractivity contribution < 1.29 is 0 Å². The molecule has 3 aromatic rings. The van der Waals surface area contributed by atoms with E-state index in [9.17, 15) is 0 Å². The molecule has 5 N–H and O–H groups in total. The molecule has 0 amide bonds. The van der Waals surface area contributed by atoms with Crippen LogP contribution in [0.15, 0.2) is 53.8 Å². The van der Waals surface area contributed by atoms with Crippen molar-refractivity contribution in [3.05, 3.63) is 54.5 Å². The molecule has 1 aliphatic heterocycles. The van der Waals surface area contributed by atoms with E-state index in [4.69, 9.17) is 11.5 Å². The summed E-state index contributed by atoms with van der Waals surface area (Å²) in [5, 5.41) is 2.91. The smallest absolute Gasteiger partial charge is 0.196 e. The highest BCUT2D eigenvalue weighted by Crippen LogP contribution is 2.32. The highest BCUT2D eigenvalue weighted by molar-refractivity contribution is 5.94. The van der Waals surface area contributed by atoms with E-state index in [0.717, 1.165) is 0 Å². The van der Waals surface area contributed by atoms with Crippen LogP contribution in [0.2, 0.25) is 0 Å². The topological polar surface area (TPSA) is 128 Å². The van der Waals surface area contributed by atoms with E-state index in [1.54, 1.807) is 12.4 Å². The Hall–Kier alpha value is -3.39. The van der Waals surface area contributed by atoms with E-state index >= 15 is 0 Å². The zero-order valence-electron chi connectivity index (χ0n) is 12.6. The van der Waals surface area contributed by atoms with Gasteiger partial charge in [0.15, 0.2) is 11.8 Å². The van der Waals surface area contributed by atoms with Crippen LogP contribution in [-0.4, -0.2) is 25.9 Å². The summed E-state index contributed by atoms with van der Waals surface area (Å²) in [5.41, 5.74) is 14.9. The highest BCUT2D eigenvalue weighted by atomic mass is 15.2. The molecule has 118 valence electrons. The van der Waals surface area contributed by atoms with Crippen molar-refractivity contribution in [1.82, 2.24) is 19.9 Å². The van der Waals surface area contributed by atoms with Crippen molar-refractivity contribution in [3.8, 4) is 22.8 Å². The minimum atomic E-state index is -0.672. The van der Waals surface area contributed by atoms with E-state index in [-0.39, 0.29) is 5.96 Å². The predicted molar refractivity (Wildman–Crippen MR) is 90.7 cm³/mol. The molecule has 8 nitrogen and oxygen atoms in total. The molecule has 0 saturated carbocycles. The third kappa shape index (κ3) is 2.44. The normalized spacial score (nSPS) is 16.0. The van der Waals surface area contributed by atoms with E-state index in [0.29, 0.717) is 34.3 Å².